The molecule has 0 spiro atoms. The third kappa shape index (κ3) is 3.93. The topological polar surface area (TPSA) is 98.5 Å². The van der Waals surface area contributed by atoms with Gasteiger partial charge in [0.2, 0.25) is 10.0 Å². The maximum Gasteiger partial charge on any atom is 0.324 e. The fraction of sp³-hybridized carbons (Fsp3) is 0.417. The summed E-state index contributed by atoms with van der Waals surface area (Å²) < 4.78 is 31.2. The third-order valence-corrected chi connectivity index (χ3v) is 4.05. The van der Waals surface area contributed by atoms with Crippen molar-refractivity contribution in [3.63, 3.8) is 0 Å². The van der Waals surface area contributed by atoms with Crippen molar-refractivity contribution in [3.05, 3.63) is 24.3 Å². The van der Waals surface area contributed by atoms with Crippen molar-refractivity contribution in [2.45, 2.75) is 24.8 Å². The van der Waals surface area contributed by atoms with Gasteiger partial charge in [-0.15, -0.1) is 0 Å². The Morgan fingerprint density at radius 3 is 2.21 bits per heavy atom. The predicted molar refractivity (Wildman–Crippen MR) is 71.8 cm³/mol. The van der Waals surface area contributed by atoms with Crippen molar-refractivity contribution >= 4 is 21.7 Å². The highest BCUT2D eigenvalue weighted by molar-refractivity contribution is 7.89. The normalized spacial score (nSPS) is 13.3. The highest BCUT2D eigenvalue weighted by atomic mass is 32.2. The van der Waals surface area contributed by atoms with Crippen LogP contribution >= 0.6 is 0 Å². The fourth-order valence-electron chi connectivity index (χ4n) is 1.47. The van der Waals surface area contributed by atoms with Crippen LogP contribution in [0.5, 0.6) is 0 Å². The Balaban J connectivity index is 3.00. The van der Waals surface area contributed by atoms with Gasteiger partial charge in [-0.05, 0) is 30.2 Å². The molecule has 19 heavy (non-hydrogen) atoms. The van der Waals surface area contributed by atoms with Gasteiger partial charge in [0.05, 0.1) is 12.0 Å². The molecule has 0 aliphatic carbocycles. The first-order valence-electron chi connectivity index (χ1n) is 5.73. The Bertz CT molecular complexity index is 537. The molecule has 0 aliphatic rings. The molecule has 0 amide bonds. The van der Waals surface area contributed by atoms with Crippen LogP contribution in [-0.2, 0) is 19.6 Å². The van der Waals surface area contributed by atoms with E-state index in [2.05, 4.69) is 9.46 Å². The average molecular weight is 286 g/mol. The van der Waals surface area contributed by atoms with E-state index >= 15 is 0 Å². The van der Waals surface area contributed by atoms with Crippen LogP contribution in [0.2, 0.25) is 0 Å². The summed E-state index contributed by atoms with van der Waals surface area (Å²) in [5.41, 5.74) is 5.96. The van der Waals surface area contributed by atoms with Crippen LogP contribution in [0.25, 0.3) is 0 Å². The van der Waals surface area contributed by atoms with Gasteiger partial charge in [-0.25, -0.2) is 8.42 Å². The quantitative estimate of drug-likeness (QED) is 0.614. The molecule has 0 saturated carbocycles. The number of carbonyl (C=O) groups excluding carboxylic acids is 1. The van der Waals surface area contributed by atoms with Gasteiger partial charge in [-0.3, -0.25) is 4.79 Å². The maximum atomic E-state index is 12.1. The Morgan fingerprint density at radius 1 is 1.26 bits per heavy atom. The summed E-state index contributed by atoms with van der Waals surface area (Å²) in [5.74, 6) is -0.843. The molecule has 0 bridgehead atoms. The smallest absolute Gasteiger partial charge is 0.324 e. The fourth-order valence-corrected chi connectivity index (χ4v) is 2.80. The summed E-state index contributed by atoms with van der Waals surface area (Å²) in [6.07, 6.45) is 0. The summed E-state index contributed by atoms with van der Waals surface area (Å²) in [7, 11) is -2.57. The van der Waals surface area contributed by atoms with Crippen LogP contribution in [0, 0.1) is 5.92 Å². The molecule has 0 heterocycles. The number of nitrogen functional groups attached to an aromatic ring is 1. The second-order valence-corrected chi connectivity index (χ2v) is 6.15. The van der Waals surface area contributed by atoms with Gasteiger partial charge >= 0.3 is 5.97 Å². The number of nitrogens with one attached hydrogen (secondary N) is 1. The zero-order chi connectivity index (χ0) is 14.6. The molecular weight excluding hydrogens is 268 g/mol. The molecule has 0 saturated heterocycles. The Morgan fingerprint density at radius 2 is 1.79 bits per heavy atom. The molecule has 0 fully saturated rings. The molecule has 3 N–H and O–H groups in total. The molecule has 1 aromatic rings. The second-order valence-electron chi connectivity index (χ2n) is 4.44. The molecule has 6 nitrogen and oxygen atoms in total. The summed E-state index contributed by atoms with van der Waals surface area (Å²) in [6, 6.07) is 4.81. The van der Waals surface area contributed by atoms with Crippen molar-refractivity contribution in [2.75, 3.05) is 12.8 Å². The van der Waals surface area contributed by atoms with E-state index in [1.165, 1.54) is 31.4 Å². The van der Waals surface area contributed by atoms with Crippen molar-refractivity contribution in [2.24, 2.45) is 5.92 Å². The number of hydrogen-bond donors (Lipinski definition) is 2. The van der Waals surface area contributed by atoms with E-state index in [4.69, 9.17) is 5.73 Å². The number of nitrogens with two attached hydrogens (primary N) is 1. The summed E-state index contributed by atoms with van der Waals surface area (Å²) >= 11 is 0. The molecule has 1 atom stereocenters. The SMILES string of the molecule is COC(=O)[C@H](NS(=O)(=O)c1ccc(N)cc1)C(C)C. The third-order valence-electron chi connectivity index (χ3n) is 2.59. The first-order chi connectivity index (χ1) is 8.77. The van der Waals surface area contributed by atoms with Crippen molar-refractivity contribution in [1.82, 2.24) is 4.72 Å². The van der Waals surface area contributed by atoms with Gasteiger partial charge in [-0.1, -0.05) is 13.8 Å². The lowest BCUT2D eigenvalue weighted by molar-refractivity contribution is -0.143. The second kappa shape index (κ2) is 6.03. The Labute approximate surface area is 113 Å². The number of hydrogen-bond acceptors (Lipinski definition) is 5. The number of carbonyl (C=O) groups is 1. The first kappa shape index (κ1) is 15.5. The highest BCUT2D eigenvalue weighted by Crippen LogP contribution is 2.14. The molecule has 106 valence electrons. The molecule has 0 aromatic heterocycles. The Kier molecular flexibility index (Phi) is 4.90. The van der Waals surface area contributed by atoms with Crippen LogP contribution < -0.4 is 10.5 Å². The molecule has 0 aliphatic heterocycles. The number of ether oxygens (including phenoxy) is 1. The first-order valence-corrected chi connectivity index (χ1v) is 7.22. The molecule has 1 rings (SSSR count). The minimum absolute atomic E-state index is 0.0521. The van der Waals surface area contributed by atoms with Gasteiger partial charge in [0, 0.05) is 5.69 Å². The zero-order valence-corrected chi connectivity index (χ0v) is 11.9. The van der Waals surface area contributed by atoms with Crippen LogP contribution in [0.3, 0.4) is 0 Å². The minimum atomic E-state index is -3.78. The summed E-state index contributed by atoms with van der Waals surface area (Å²) in [4.78, 5) is 11.6. The van der Waals surface area contributed by atoms with Gasteiger partial charge in [0.25, 0.3) is 0 Å². The number of methoxy groups -OCH3 is 1. The van der Waals surface area contributed by atoms with Gasteiger partial charge < -0.3 is 10.5 Å². The predicted octanol–water partition coefficient (Wildman–Crippen LogP) is 0.745. The van der Waals surface area contributed by atoms with E-state index in [0.717, 1.165) is 0 Å². The number of benzene rings is 1. The molecular formula is C12H18N2O4S. The van der Waals surface area contributed by atoms with E-state index < -0.39 is 22.0 Å². The van der Waals surface area contributed by atoms with E-state index in [9.17, 15) is 13.2 Å². The molecule has 0 radical (unpaired) electrons. The van der Waals surface area contributed by atoms with Crippen LogP contribution in [0.4, 0.5) is 5.69 Å². The molecule has 7 heteroatoms. The number of esters is 1. The van der Waals surface area contributed by atoms with E-state index in [1.807, 2.05) is 0 Å². The lowest BCUT2D eigenvalue weighted by Crippen LogP contribution is -2.44. The van der Waals surface area contributed by atoms with Crippen molar-refractivity contribution in [3.8, 4) is 0 Å². The maximum absolute atomic E-state index is 12.1. The van der Waals surface area contributed by atoms with Gasteiger partial charge in [-0.2, -0.15) is 4.72 Å². The van der Waals surface area contributed by atoms with Gasteiger partial charge in [0.1, 0.15) is 6.04 Å². The van der Waals surface area contributed by atoms with Crippen molar-refractivity contribution < 1.29 is 17.9 Å². The number of anilines is 1. The van der Waals surface area contributed by atoms with Crippen LogP contribution in [-0.4, -0.2) is 27.5 Å². The van der Waals surface area contributed by atoms with Crippen molar-refractivity contribution in [1.29, 1.82) is 0 Å². The van der Waals surface area contributed by atoms with Gasteiger partial charge in [0.15, 0.2) is 0 Å². The molecule has 0 unspecified atom stereocenters. The highest BCUT2D eigenvalue weighted by Gasteiger charge is 2.28. The minimum Gasteiger partial charge on any atom is -0.468 e. The summed E-state index contributed by atoms with van der Waals surface area (Å²) in [6.45, 7) is 3.46. The number of sulfonamides is 1. The lowest BCUT2D eigenvalue weighted by Gasteiger charge is -2.19. The Hall–Kier alpha value is -1.60. The molecule has 1 aromatic carbocycles. The van der Waals surface area contributed by atoms with E-state index in [0.29, 0.717) is 5.69 Å². The average Bonchev–Trinajstić information content (AvgIpc) is 2.35. The number of rotatable bonds is 5. The largest absolute Gasteiger partial charge is 0.468 e. The lowest BCUT2D eigenvalue weighted by atomic mass is 10.1. The zero-order valence-electron chi connectivity index (χ0n) is 11.1. The standard InChI is InChI=1S/C12H18N2O4S/c1-8(2)11(12(15)18-3)14-19(16,17)10-6-4-9(13)5-7-10/h4-8,11,14H,13H2,1-3H3/t11-/m1/s1. The van der Waals surface area contributed by atoms with E-state index in [-0.39, 0.29) is 10.8 Å². The summed E-state index contributed by atoms with van der Waals surface area (Å²) in [5, 5.41) is 0. The monoisotopic (exact) mass is 286 g/mol. The van der Waals surface area contributed by atoms with Crippen LogP contribution in [0.15, 0.2) is 29.2 Å². The van der Waals surface area contributed by atoms with Crippen LogP contribution in [0.1, 0.15) is 13.8 Å². The van der Waals surface area contributed by atoms with E-state index in [1.54, 1.807) is 13.8 Å².